The molecule has 138 valence electrons. The highest BCUT2D eigenvalue weighted by Crippen LogP contribution is 2.26. The predicted octanol–water partition coefficient (Wildman–Crippen LogP) is 0.736. The summed E-state index contributed by atoms with van der Waals surface area (Å²) in [5.41, 5.74) is 1.07. The second-order valence-electron chi connectivity index (χ2n) is 6.62. The molecule has 2 heterocycles. The zero-order chi connectivity index (χ0) is 18.4. The van der Waals surface area contributed by atoms with Crippen LogP contribution in [0.4, 0.5) is 5.82 Å². The van der Waals surface area contributed by atoms with Crippen molar-refractivity contribution in [3.05, 3.63) is 23.9 Å². The molecule has 2 unspecified atom stereocenters. The van der Waals surface area contributed by atoms with Gasteiger partial charge in [-0.1, -0.05) is 19.9 Å². The molecule has 0 saturated carbocycles. The lowest BCUT2D eigenvalue weighted by molar-refractivity contribution is -0.129. The van der Waals surface area contributed by atoms with E-state index in [-0.39, 0.29) is 17.7 Å². The van der Waals surface area contributed by atoms with E-state index in [1.54, 1.807) is 25.1 Å². The van der Waals surface area contributed by atoms with Crippen LogP contribution in [0.5, 0.6) is 0 Å². The quantitative estimate of drug-likeness (QED) is 0.677. The van der Waals surface area contributed by atoms with Crippen LogP contribution in [0, 0.1) is 5.92 Å². The Morgan fingerprint density at radius 3 is 2.80 bits per heavy atom. The van der Waals surface area contributed by atoms with E-state index in [0.717, 1.165) is 12.0 Å². The van der Waals surface area contributed by atoms with E-state index >= 15 is 0 Å². The van der Waals surface area contributed by atoms with Gasteiger partial charge in [0.2, 0.25) is 5.91 Å². The van der Waals surface area contributed by atoms with Crippen LogP contribution in [-0.2, 0) is 20.7 Å². The molecule has 2 N–H and O–H groups in total. The van der Waals surface area contributed by atoms with Crippen LogP contribution in [0.1, 0.15) is 26.3 Å². The zero-order valence-corrected chi connectivity index (χ0v) is 15.4. The second-order valence-corrected chi connectivity index (χ2v) is 6.62. The number of ether oxygens (including phenoxy) is 1. The van der Waals surface area contributed by atoms with Crippen molar-refractivity contribution in [2.24, 2.45) is 5.92 Å². The van der Waals surface area contributed by atoms with E-state index in [4.69, 9.17) is 4.74 Å². The molecule has 0 aromatic carbocycles. The standard InChI is InChI=1S/C18H28N4O3/c1-12(2)15(21-17(23)13(3)19-9-11-25-4)18(24)22-10-7-14-6-5-8-20-16(14)22/h5-6,8,12-13,15,19H,7,9-11H2,1-4H3,(H,21,23). The Hall–Kier alpha value is -1.99. The fraction of sp³-hybridized carbons (Fsp3) is 0.611. The Bertz CT molecular complexity index is 606. The van der Waals surface area contributed by atoms with Gasteiger partial charge in [0.05, 0.1) is 12.6 Å². The van der Waals surface area contributed by atoms with Gasteiger partial charge in [-0.3, -0.25) is 14.5 Å². The number of hydrogen-bond acceptors (Lipinski definition) is 5. The minimum Gasteiger partial charge on any atom is -0.383 e. The largest absolute Gasteiger partial charge is 0.383 e. The lowest BCUT2D eigenvalue weighted by Crippen LogP contribution is -2.55. The number of rotatable bonds is 8. The van der Waals surface area contributed by atoms with Crippen molar-refractivity contribution >= 4 is 17.6 Å². The summed E-state index contributed by atoms with van der Waals surface area (Å²) < 4.78 is 4.97. The molecule has 0 spiro atoms. The van der Waals surface area contributed by atoms with Crippen LogP contribution in [0.2, 0.25) is 0 Å². The maximum absolute atomic E-state index is 13.0. The maximum atomic E-state index is 13.0. The monoisotopic (exact) mass is 348 g/mol. The van der Waals surface area contributed by atoms with Gasteiger partial charge < -0.3 is 15.4 Å². The summed E-state index contributed by atoms with van der Waals surface area (Å²) in [5, 5.41) is 5.97. The number of amides is 2. The van der Waals surface area contributed by atoms with Crippen molar-refractivity contribution in [3.8, 4) is 0 Å². The Kier molecular flexibility index (Phi) is 6.90. The molecule has 1 aliphatic heterocycles. The predicted molar refractivity (Wildman–Crippen MR) is 96.4 cm³/mol. The number of hydrogen-bond donors (Lipinski definition) is 2. The molecule has 1 aromatic rings. The van der Waals surface area contributed by atoms with Crippen molar-refractivity contribution in [1.82, 2.24) is 15.6 Å². The summed E-state index contributed by atoms with van der Waals surface area (Å²) in [4.78, 5) is 31.4. The molecule has 2 rings (SSSR count). The Morgan fingerprint density at radius 1 is 1.36 bits per heavy atom. The third-order valence-electron chi connectivity index (χ3n) is 4.37. The van der Waals surface area contributed by atoms with Crippen molar-refractivity contribution in [2.75, 3.05) is 31.7 Å². The molecular formula is C18H28N4O3. The number of methoxy groups -OCH3 is 1. The first-order valence-electron chi connectivity index (χ1n) is 8.73. The summed E-state index contributed by atoms with van der Waals surface area (Å²) in [6, 6.07) is 2.89. The number of nitrogens with one attached hydrogen (secondary N) is 2. The normalized spacial score (nSPS) is 15.8. The molecule has 7 nitrogen and oxygen atoms in total. The van der Waals surface area contributed by atoms with Crippen molar-refractivity contribution in [1.29, 1.82) is 0 Å². The van der Waals surface area contributed by atoms with Gasteiger partial charge in [-0.25, -0.2) is 4.98 Å². The summed E-state index contributed by atoms with van der Waals surface area (Å²) in [6.07, 6.45) is 2.48. The molecule has 7 heteroatoms. The third kappa shape index (κ3) is 4.76. The van der Waals surface area contributed by atoms with Crippen LogP contribution in [-0.4, -0.2) is 55.7 Å². The highest BCUT2D eigenvalue weighted by molar-refractivity contribution is 6.00. The van der Waals surface area contributed by atoms with Crippen LogP contribution in [0.25, 0.3) is 0 Å². The average Bonchev–Trinajstić information content (AvgIpc) is 3.02. The van der Waals surface area contributed by atoms with Gasteiger partial charge in [-0.15, -0.1) is 0 Å². The van der Waals surface area contributed by atoms with Crippen LogP contribution >= 0.6 is 0 Å². The molecule has 2 amide bonds. The molecule has 1 aliphatic rings. The van der Waals surface area contributed by atoms with Crippen LogP contribution in [0.3, 0.4) is 0 Å². The van der Waals surface area contributed by atoms with Gasteiger partial charge in [0.15, 0.2) is 0 Å². The van der Waals surface area contributed by atoms with Gasteiger partial charge in [0.25, 0.3) is 5.91 Å². The molecule has 25 heavy (non-hydrogen) atoms. The van der Waals surface area contributed by atoms with Gasteiger partial charge in [-0.2, -0.15) is 0 Å². The number of anilines is 1. The van der Waals surface area contributed by atoms with Crippen molar-refractivity contribution < 1.29 is 14.3 Å². The number of carbonyl (C=O) groups excluding carboxylic acids is 2. The van der Waals surface area contributed by atoms with Gasteiger partial charge in [0, 0.05) is 26.4 Å². The van der Waals surface area contributed by atoms with E-state index in [9.17, 15) is 9.59 Å². The van der Waals surface area contributed by atoms with Crippen molar-refractivity contribution in [3.63, 3.8) is 0 Å². The molecular weight excluding hydrogens is 320 g/mol. The van der Waals surface area contributed by atoms with Gasteiger partial charge in [0.1, 0.15) is 11.9 Å². The average molecular weight is 348 g/mol. The maximum Gasteiger partial charge on any atom is 0.250 e. The molecule has 0 aliphatic carbocycles. The Morgan fingerprint density at radius 2 is 2.12 bits per heavy atom. The van der Waals surface area contributed by atoms with Crippen LogP contribution in [0.15, 0.2) is 18.3 Å². The minimum atomic E-state index is -0.577. The number of nitrogens with zero attached hydrogens (tertiary/aromatic N) is 2. The van der Waals surface area contributed by atoms with E-state index in [1.165, 1.54) is 0 Å². The Balaban J connectivity index is 2.03. The van der Waals surface area contributed by atoms with Crippen LogP contribution < -0.4 is 15.5 Å². The first-order chi connectivity index (χ1) is 12.0. The number of pyridine rings is 1. The minimum absolute atomic E-state index is 0.0182. The van der Waals surface area contributed by atoms with E-state index in [2.05, 4.69) is 15.6 Å². The summed E-state index contributed by atoms with van der Waals surface area (Å²) in [7, 11) is 1.61. The summed E-state index contributed by atoms with van der Waals surface area (Å²) >= 11 is 0. The number of aromatic nitrogens is 1. The second kappa shape index (κ2) is 8.92. The fourth-order valence-corrected chi connectivity index (χ4v) is 2.85. The first kappa shape index (κ1) is 19.3. The molecule has 2 atom stereocenters. The molecule has 0 bridgehead atoms. The zero-order valence-electron chi connectivity index (χ0n) is 15.4. The number of fused-ring (bicyclic) bond motifs is 1. The lowest BCUT2D eigenvalue weighted by atomic mass is 10.0. The van der Waals surface area contributed by atoms with E-state index in [1.807, 2.05) is 26.0 Å². The summed E-state index contributed by atoms with van der Waals surface area (Å²) in [5.74, 6) is 0.391. The summed E-state index contributed by atoms with van der Waals surface area (Å²) in [6.45, 7) is 7.35. The fourth-order valence-electron chi connectivity index (χ4n) is 2.85. The molecule has 0 saturated heterocycles. The highest BCUT2D eigenvalue weighted by atomic mass is 16.5. The van der Waals surface area contributed by atoms with E-state index < -0.39 is 12.1 Å². The molecule has 0 fully saturated rings. The highest BCUT2D eigenvalue weighted by Gasteiger charge is 2.34. The first-order valence-corrected chi connectivity index (χ1v) is 8.73. The lowest BCUT2D eigenvalue weighted by Gasteiger charge is -2.28. The topological polar surface area (TPSA) is 83.6 Å². The van der Waals surface area contributed by atoms with Gasteiger partial charge in [-0.05, 0) is 30.9 Å². The SMILES string of the molecule is COCCNC(C)C(=O)NC(C(=O)N1CCc2cccnc21)C(C)C. The van der Waals surface area contributed by atoms with Gasteiger partial charge >= 0.3 is 0 Å². The molecule has 1 aromatic heterocycles. The molecule has 0 radical (unpaired) electrons. The number of carbonyl (C=O) groups is 2. The van der Waals surface area contributed by atoms with Crippen molar-refractivity contribution in [2.45, 2.75) is 39.3 Å². The Labute approximate surface area is 149 Å². The van der Waals surface area contributed by atoms with E-state index in [0.29, 0.717) is 25.5 Å². The smallest absolute Gasteiger partial charge is 0.250 e. The third-order valence-corrected chi connectivity index (χ3v) is 4.37.